The van der Waals surface area contributed by atoms with Gasteiger partial charge < -0.3 is 18.5 Å². The van der Waals surface area contributed by atoms with E-state index >= 15 is 0 Å². The summed E-state index contributed by atoms with van der Waals surface area (Å²) in [4.78, 5) is 2.44. The summed E-state index contributed by atoms with van der Waals surface area (Å²) in [7, 11) is 1.55. The minimum atomic E-state index is -5.17. The zero-order valence-electron chi connectivity index (χ0n) is 13.4. The van der Waals surface area contributed by atoms with Crippen molar-refractivity contribution in [1.82, 2.24) is 0 Å². The van der Waals surface area contributed by atoms with Gasteiger partial charge in [0.25, 0.3) is 0 Å². The largest absolute Gasteiger partial charge is 0.759 e. The highest BCUT2D eigenvalue weighted by atomic mass is 32.3. The van der Waals surface area contributed by atoms with Crippen LogP contribution in [0.5, 0.6) is 0 Å². The normalized spacial score (nSPS) is 11.6. The molecule has 0 radical (unpaired) electrons. The van der Waals surface area contributed by atoms with Crippen molar-refractivity contribution in [2.75, 3.05) is 45.7 Å². The Kier molecular flexibility index (Phi) is 7.87. The number of benzene rings is 1. The summed E-state index contributed by atoms with van der Waals surface area (Å²) >= 11 is 0. The van der Waals surface area contributed by atoms with E-state index in [1.165, 1.54) is 17.8 Å². The molecule has 0 saturated heterocycles. The molecule has 0 N–H and O–H groups in total. The molecule has 0 aliphatic heterocycles. The maximum absolute atomic E-state index is 8.52. The third kappa shape index (κ3) is 12.3. The van der Waals surface area contributed by atoms with Gasteiger partial charge in [-0.3, -0.25) is 8.42 Å². The highest BCUT2D eigenvalue weighted by Gasteiger charge is 2.11. The van der Waals surface area contributed by atoms with Gasteiger partial charge in [0.1, 0.15) is 0 Å². The molecule has 0 fully saturated rings. The molecule has 1 aromatic carbocycles. The molecule has 0 amide bonds. The fourth-order valence-corrected chi connectivity index (χ4v) is 1.72. The summed E-state index contributed by atoms with van der Waals surface area (Å²) in [6.07, 6.45) is 0. The fraction of sp³-hybridized carbons (Fsp3) is 0.571. The van der Waals surface area contributed by atoms with E-state index in [1.807, 2.05) is 0 Å². The Hall–Kier alpha value is -1.15. The lowest BCUT2D eigenvalue weighted by Gasteiger charge is -2.29. The first-order valence-electron chi connectivity index (χ1n) is 6.71. The van der Waals surface area contributed by atoms with Gasteiger partial charge in [0, 0.05) is 22.6 Å². The first-order chi connectivity index (χ1) is 9.42. The second-order valence-corrected chi connectivity index (χ2v) is 6.66. The van der Waals surface area contributed by atoms with Crippen LogP contribution in [-0.2, 0) is 10.4 Å². The molecule has 122 valence electrons. The predicted molar refractivity (Wildman–Crippen MR) is 82.4 cm³/mol. The molecule has 1 rings (SSSR count). The van der Waals surface area contributed by atoms with Gasteiger partial charge in [-0.15, -0.1) is 0 Å². The Morgan fingerprint density at radius 2 is 1.71 bits per heavy atom. The van der Waals surface area contributed by atoms with Crippen LogP contribution in [0.15, 0.2) is 24.3 Å². The van der Waals surface area contributed by atoms with Gasteiger partial charge in [0.2, 0.25) is 0 Å². The van der Waals surface area contributed by atoms with Crippen LogP contribution in [-0.4, -0.2) is 62.8 Å². The Bertz CT molecular complexity index is 516. The van der Waals surface area contributed by atoms with Crippen molar-refractivity contribution in [2.45, 2.75) is 13.8 Å². The van der Waals surface area contributed by atoms with Gasteiger partial charge in [-0.05, 0) is 31.5 Å². The van der Waals surface area contributed by atoms with Gasteiger partial charge >= 0.3 is 0 Å². The van der Waals surface area contributed by atoms with Crippen LogP contribution in [0.4, 0.5) is 5.69 Å². The number of anilines is 1. The van der Waals surface area contributed by atoms with E-state index in [0.717, 1.165) is 17.6 Å². The molecule has 6 nitrogen and oxygen atoms in total. The summed E-state index contributed by atoms with van der Waals surface area (Å²) in [5, 5.41) is 0. The molecular weight excluding hydrogens is 292 g/mol. The van der Waals surface area contributed by atoms with Crippen LogP contribution in [0.25, 0.3) is 0 Å². The molecule has 0 aliphatic carbocycles. The Morgan fingerprint density at radius 1 is 1.19 bits per heavy atom. The minimum Gasteiger partial charge on any atom is -0.759 e. The van der Waals surface area contributed by atoms with Crippen LogP contribution in [0.1, 0.15) is 12.5 Å². The first-order valence-corrected chi connectivity index (χ1v) is 8.04. The smallest absolute Gasteiger partial charge is 0.0958 e. The molecule has 0 aliphatic rings. The quantitative estimate of drug-likeness (QED) is 0.463. The van der Waals surface area contributed by atoms with Gasteiger partial charge in [0.15, 0.2) is 0 Å². The molecule has 0 bridgehead atoms. The minimum absolute atomic E-state index is 1.02. The van der Waals surface area contributed by atoms with E-state index < -0.39 is 10.4 Å². The summed E-state index contributed by atoms with van der Waals surface area (Å²) in [5.74, 6) is 0. The van der Waals surface area contributed by atoms with Crippen LogP contribution in [0.2, 0.25) is 0 Å². The monoisotopic (exact) mass is 317 g/mol. The summed E-state index contributed by atoms with van der Waals surface area (Å²) in [6.45, 7) is 7.73. The molecular formula is C14H25N2O4S-. The van der Waals surface area contributed by atoms with Crippen molar-refractivity contribution in [3.05, 3.63) is 29.8 Å². The SMILES string of the molecule is CCN(CC[N+](C)(C)C)c1cccc(C)c1.O=S(=O)([O-])[O-]. The Labute approximate surface area is 128 Å². The van der Waals surface area contributed by atoms with E-state index in [2.05, 4.69) is 64.2 Å². The highest BCUT2D eigenvalue weighted by Crippen LogP contribution is 2.15. The lowest BCUT2D eigenvalue weighted by molar-refractivity contribution is -0.868. The van der Waals surface area contributed by atoms with E-state index in [0.29, 0.717) is 0 Å². The highest BCUT2D eigenvalue weighted by molar-refractivity contribution is 7.79. The second-order valence-electron chi connectivity index (χ2n) is 5.84. The lowest BCUT2D eigenvalue weighted by atomic mass is 10.2. The molecule has 0 atom stereocenters. The standard InChI is InChI=1S/C14H25N2.H2O4S/c1-6-15(10-11-16(3,4)5)14-9-7-8-13(2)12-14;1-5(2,3)4/h7-9,12H,6,10-11H2,1-5H3;(H2,1,2,3,4)/q+1;/p-2. The van der Waals surface area contributed by atoms with E-state index in [9.17, 15) is 0 Å². The van der Waals surface area contributed by atoms with Crippen molar-refractivity contribution in [3.63, 3.8) is 0 Å². The number of hydrogen-bond donors (Lipinski definition) is 0. The lowest BCUT2D eigenvalue weighted by Crippen LogP contribution is -2.42. The Balaban J connectivity index is 0.000000690. The van der Waals surface area contributed by atoms with E-state index in [-0.39, 0.29) is 0 Å². The number of hydrogen-bond acceptors (Lipinski definition) is 5. The van der Waals surface area contributed by atoms with E-state index in [1.54, 1.807) is 0 Å². The summed E-state index contributed by atoms with van der Waals surface area (Å²) in [5.41, 5.74) is 2.68. The summed E-state index contributed by atoms with van der Waals surface area (Å²) in [6, 6.07) is 8.75. The van der Waals surface area contributed by atoms with Crippen molar-refractivity contribution < 1.29 is 22.0 Å². The third-order valence-electron chi connectivity index (χ3n) is 2.79. The van der Waals surface area contributed by atoms with Crippen molar-refractivity contribution in [1.29, 1.82) is 0 Å². The third-order valence-corrected chi connectivity index (χ3v) is 2.79. The second kappa shape index (κ2) is 8.33. The van der Waals surface area contributed by atoms with Crippen LogP contribution < -0.4 is 4.90 Å². The maximum atomic E-state index is 8.52. The maximum Gasteiger partial charge on any atom is 0.0958 e. The topological polar surface area (TPSA) is 83.5 Å². The average Bonchev–Trinajstić information content (AvgIpc) is 2.26. The molecule has 1 aromatic rings. The molecule has 0 heterocycles. The number of aryl methyl sites for hydroxylation is 1. The fourth-order valence-electron chi connectivity index (χ4n) is 1.72. The van der Waals surface area contributed by atoms with Crippen LogP contribution >= 0.6 is 0 Å². The van der Waals surface area contributed by atoms with Crippen molar-refractivity contribution in [3.8, 4) is 0 Å². The first kappa shape index (κ1) is 19.9. The van der Waals surface area contributed by atoms with Crippen LogP contribution in [0.3, 0.4) is 0 Å². The molecule has 0 unspecified atom stereocenters. The molecule has 0 saturated carbocycles. The molecule has 0 aromatic heterocycles. The number of rotatable bonds is 5. The van der Waals surface area contributed by atoms with Gasteiger partial charge in [-0.25, -0.2) is 0 Å². The van der Waals surface area contributed by atoms with Gasteiger partial charge in [-0.2, -0.15) is 0 Å². The van der Waals surface area contributed by atoms with Crippen molar-refractivity contribution >= 4 is 16.1 Å². The average molecular weight is 317 g/mol. The van der Waals surface area contributed by atoms with Crippen molar-refractivity contribution in [2.24, 2.45) is 0 Å². The number of quaternary nitrogens is 1. The number of likely N-dealkylation sites (N-methyl/N-ethyl adjacent to an activating group) is 2. The molecule has 7 heteroatoms. The molecule has 0 spiro atoms. The van der Waals surface area contributed by atoms with Gasteiger partial charge in [0.05, 0.1) is 34.2 Å². The summed E-state index contributed by atoms with van der Waals surface area (Å²) < 4.78 is 35.1. The zero-order chi connectivity index (χ0) is 16.7. The predicted octanol–water partition coefficient (Wildman–Crippen LogP) is 1.19. The Morgan fingerprint density at radius 3 is 2.10 bits per heavy atom. The zero-order valence-corrected chi connectivity index (χ0v) is 14.2. The van der Waals surface area contributed by atoms with E-state index in [4.69, 9.17) is 17.5 Å². The van der Waals surface area contributed by atoms with Crippen LogP contribution in [0, 0.1) is 6.92 Å². The molecule has 21 heavy (non-hydrogen) atoms. The number of nitrogens with zero attached hydrogens (tertiary/aromatic N) is 2. The van der Waals surface area contributed by atoms with Gasteiger partial charge in [-0.1, -0.05) is 12.1 Å².